The number of aromatic nitrogens is 1. The molecule has 2 aromatic heterocycles. The molecular weight excluding hydrogens is 414 g/mol. The maximum absolute atomic E-state index is 12.4. The zero-order valence-electron chi connectivity index (χ0n) is 19.9. The van der Waals surface area contributed by atoms with E-state index in [-0.39, 0.29) is 5.91 Å². The van der Waals surface area contributed by atoms with Crippen LogP contribution in [0.2, 0.25) is 0 Å². The van der Waals surface area contributed by atoms with Crippen molar-refractivity contribution in [1.29, 1.82) is 0 Å². The van der Waals surface area contributed by atoms with Crippen molar-refractivity contribution in [2.24, 2.45) is 0 Å². The number of hydrogen-bond donors (Lipinski definition) is 2. The highest BCUT2D eigenvalue weighted by Gasteiger charge is 2.22. The first-order valence-corrected chi connectivity index (χ1v) is 12.4. The Morgan fingerprint density at radius 3 is 2.44 bits per heavy atom. The highest BCUT2D eigenvalue weighted by molar-refractivity contribution is 7.21. The summed E-state index contributed by atoms with van der Waals surface area (Å²) in [5.74, 6) is 0.489. The summed E-state index contributed by atoms with van der Waals surface area (Å²) in [6, 6.07) is 17.0. The molecule has 0 radical (unpaired) electrons. The number of carbonyl (C=O) groups is 1. The van der Waals surface area contributed by atoms with Crippen molar-refractivity contribution in [3.05, 3.63) is 59.0 Å². The molecule has 168 valence electrons. The number of anilines is 1. The standard InChI is InChI=1S/C23H21N3OS.2C2H6/c1-13(2)14-4-3-5-15(12-14)17-7-6-16-18(26-17)8-9-19-20(16)21-22(28-19)23(27)25-11-10-24-21;2*1-2/h3-9,12-13,24H,10-11H2,1-2H3,(H,25,27);2*1-2H3. The van der Waals surface area contributed by atoms with Gasteiger partial charge in [-0.05, 0) is 41.8 Å². The average Bonchev–Trinajstić information content (AvgIpc) is 3.13. The molecule has 32 heavy (non-hydrogen) atoms. The Morgan fingerprint density at radius 2 is 1.69 bits per heavy atom. The van der Waals surface area contributed by atoms with Crippen molar-refractivity contribution in [1.82, 2.24) is 10.3 Å². The molecule has 0 atom stereocenters. The maximum Gasteiger partial charge on any atom is 0.263 e. The van der Waals surface area contributed by atoms with Crippen molar-refractivity contribution in [2.75, 3.05) is 18.4 Å². The summed E-state index contributed by atoms with van der Waals surface area (Å²) in [5, 5.41) is 8.57. The third kappa shape index (κ3) is 4.49. The lowest BCUT2D eigenvalue weighted by molar-refractivity contribution is 0.0962. The molecule has 4 nitrogen and oxygen atoms in total. The van der Waals surface area contributed by atoms with Crippen LogP contribution in [-0.2, 0) is 0 Å². The fourth-order valence-electron chi connectivity index (χ4n) is 3.79. The van der Waals surface area contributed by atoms with E-state index < -0.39 is 0 Å². The van der Waals surface area contributed by atoms with Gasteiger partial charge in [0.25, 0.3) is 5.91 Å². The third-order valence-corrected chi connectivity index (χ3v) is 6.44. The van der Waals surface area contributed by atoms with E-state index in [0.29, 0.717) is 12.5 Å². The van der Waals surface area contributed by atoms with Crippen LogP contribution in [-0.4, -0.2) is 24.0 Å². The van der Waals surface area contributed by atoms with Gasteiger partial charge in [-0.1, -0.05) is 59.7 Å². The van der Waals surface area contributed by atoms with Gasteiger partial charge in [-0.15, -0.1) is 11.3 Å². The van der Waals surface area contributed by atoms with Crippen molar-refractivity contribution in [2.45, 2.75) is 47.5 Å². The van der Waals surface area contributed by atoms with Gasteiger partial charge in [0.2, 0.25) is 0 Å². The van der Waals surface area contributed by atoms with E-state index >= 15 is 0 Å². The Labute approximate surface area is 195 Å². The maximum atomic E-state index is 12.4. The van der Waals surface area contributed by atoms with Gasteiger partial charge in [-0.25, -0.2) is 4.98 Å². The van der Waals surface area contributed by atoms with Gasteiger partial charge in [0.15, 0.2) is 0 Å². The van der Waals surface area contributed by atoms with Gasteiger partial charge in [0, 0.05) is 34.1 Å². The summed E-state index contributed by atoms with van der Waals surface area (Å²) in [4.78, 5) is 18.1. The van der Waals surface area contributed by atoms with E-state index in [1.807, 2.05) is 27.7 Å². The first-order valence-electron chi connectivity index (χ1n) is 11.6. The first kappa shape index (κ1) is 23.7. The third-order valence-electron chi connectivity index (χ3n) is 5.29. The highest BCUT2D eigenvalue weighted by Crippen LogP contribution is 2.41. The summed E-state index contributed by atoms with van der Waals surface area (Å²) in [7, 11) is 0. The first-order chi connectivity index (χ1) is 15.6. The fourth-order valence-corrected chi connectivity index (χ4v) is 4.90. The quantitative estimate of drug-likeness (QED) is 0.335. The van der Waals surface area contributed by atoms with Crippen LogP contribution in [0.3, 0.4) is 0 Å². The second kappa shape index (κ2) is 10.6. The van der Waals surface area contributed by atoms with Crippen LogP contribution in [0.4, 0.5) is 5.69 Å². The molecule has 5 rings (SSSR count). The van der Waals surface area contributed by atoms with Gasteiger partial charge in [0.05, 0.1) is 16.9 Å². The molecule has 0 spiro atoms. The predicted octanol–water partition coefficient (Wildman–Crippen LogP) is 7.45. The van der Waals surface area contributed by atoms with E-state index in [4.69, 9.17) is 4.98 Å². The van der Waals surface area contributed by atoms with Crippen LogP contribution in [0.15, 0.2) is 48.5 Å². The van der Waals surface area contributed by atoms with Crippen molar-refractivity contribution in [3.63, 3.8) is 0 Å². The number of benzene rings is 2. The molecule has 1 aliphatic heterocycles. The Bertz CT molecular complexity index is 1230. The number of hydrogen-bond acceptors (Lipinski definition) is 4. The summed E-state index contributed by atoms with van der Waals surface area (Å²) >= 11 is 1.54. The van der Waals surface area contributed by atoms with Crippen LogP contribution >= 0.6 is 11.3 Å². The number of pyridine rings is 1. The van der Waals surface area contributed by atoms with Crippen molar-refractivity contribution < 1.29 is 4.79 Å². The summed E-state index contributed by atoms with van der Waals surface area (Å²) in [5.41, 5.74) is 5.31. The topological polar surface area (TPSA) is 54.0 Å². The highest BCUT2D eigenvalue weighted by atomic mass is 32.1. The van der Waals surface area contributed by atoms with E-state index in [1.54, 1.807) is 0 Å². The second-order valence-electron chi connectivity index (χ2n) is 7.47. The zero-order chi connectivity index (χ0) is 23.3. The number of rotatable bonds is 2. The number of carbonyl (C=O) groups excluding carboxylic acids is 1. The molecule has 2 aromatic carbocycles. The molecule has 4 aromatic rings. The SMILES string of the molecule is CC.CC.CC(C)c1cccc(-c2ccc3c(ccc4sc5c(c43)NCCNC5=O)n2)c1. The van der Waals surface area contributed by atoms with Crippen LogP contribution in [0.5, 0.6) is 0 Å². The van der Waals surface area contributed by atoms with Gasteiger partial charge in [-0.2, -0.15) is 0 Å². The molecule has 5 heteroatoms. The molecule has 1 aliphatic rings. The molecule has 0 saturated heterocycles. The van der Waals surface area contributed by atoms with Crippen LogP contribution in [0.25, 0.3) is 32.2 Å². The number of nitrogens with one attached hydrogen (secondary N) is 2. The Morgan fingerprint density at radius 1 is 0.938 bits per heavy atom. The van der Waals surface area contributed by atoms with Crippen molar-refractivity contribution >= 4 is 43.9 Å². The second-order valence-corrected chi connectivity index (χ2v) is 8.52. The number of amides is 1. The van der Waals surface area contributed by atoms with Gasteiger partial charge in [0.1, 0.15) is 4.88 Å². The van der Waals surface area contributed by atoms with Crippen molar-refractivity contribution in [3.8, 4) is 11.3 Å². The minimum absolute atomic E-state index is 0.00410. The molecule has 0 unspecified atom stereocenters. The van der Waals surface area contributed by atoms with E-state index in [9.17, 15) is 4.79 Å². The average molecular weight is 448 g/mol. The molecule has 0 fully saturated rings. The van der Waals surface area contributed by atoms with Gasteiger partial charge < -0.3 is 10.6 Å². The Kier molecular flexibility index (Phi) is 7.86. The Hall–Kier alpha value is -2.92. The fraction of sp³-hybridized carbons (Fsp3) is 0.333. The lowest BCUT2D eigenvalue weighted by atomic mass is 9.99. The number of thiophene rings is 1. The molecule has 0 bridgehead atoms. The molecule has 0 aliphatic carbocycles. The van der Waals surface area contributed by atoms with Crippen LogP contribution in [0, 0.1) is 0 Å². The van der Waals surface area contributed by atoms with E-state index in [0.717, 1.165) is 49.4 Å². The predicted molar refractivity (Wildman–Crippen MR) is 140 cm³/mol. The normalized spacial score (nSPS) is 12.7. The monoisotopic (exact) mass is 447 g/mol. The van der Waals surface area contributed by atoms with Crippen LogP contribution < -0.4 is 10.6 Å². The zero-order valence-corrected chi connectivity index (χ0v) is 20.7. The number of fused-ring (bicyclic) bond motifs is 5. The lowest BCUT2D eigenvalue weighted by Gasteiger charge is -2.09. The Balaban J connectivity index is 0.000000686. The van der Waals surface area contributed by atoms with E-state index in [1.165, 1.54) is 16.9 Å². The summed E-state index contributed by atoms with van der Waals surface area (Å²) in [6.45, 7) is 13.8. The van der Waals surface area contributed by atoms with E-state index in [2.05, 4.69) is 73.0 Å². The summed E-state index contributed by atoms with van der Waals surface area (Å²) in [6.07, 6.45) is 0. The van der Waals surface area contributed by atoms with Gasteiger partial charge in [-0.3, -0.25) is 4.79 Å². The minimum atomic E-state index is 0.00410. The molecule has 3 heterocycles. The van der Waals surface area contributed by atoms with Gasteiger partial charge >= 0.3 is 0 Å². The largest absolute Gasteiger partial charge is 0.381 e. The lowest BCUT2D eigenvalue weighted by Crippen LogP contribution is -2.24. The molecule has 1 amide bonds. The smallest absolute Gasteiger partial charge is 0.263 e. The molecular formula is C27H33N3OS. The summed E-state index contributed by atoms with van der Waals surface area (Å²) < 4.78 is 1.11. The molecule has 0 saturated carbocycles. The molecule has 2 N–H and O–H groups in total. The number of nitrogens with zero attached hydrogens (tertiary/aromatic N) is 1. The van der Waals surface area contributed by atoms with Crippen LogP contribution in [0.1, 0.15) is 62.7 Å². The minimum Gasteiger partial charge on any atom is -0.381 e.